The van der Waals surface area contributed by atoms with Gasteiger partial charge < -0.3 is 20.5 Å². The van der Waals surface area contributed by atoms with Crippen LogP contribution in [0.15, 0.2) is 24.3 Å². The van der Waals surface area contributed by atoms with E-state index in [1.807, 2.05) is 24.3 Å². The Hall–Kier alpha value is -1.10. The second kappa shape index (κ2) is 7.07. The van der Waals surface area contributed by atoms with Crippen molar-refractivity contribution in [2.45, 2.75) is 38.5 Å². The van der Waals surface area contributed by atoms with Gasteiger partial charge in [0.15, 0.2) is 0 Å². The first-order valence-corrected chi connectivity index (χ1v) is 7.40. The van der Waals surface area contributed by atoms with E-state index in [-0.39, 0.29) is 0 Å². The molecule has 0 heterocycles. The third kappa shape index (κ3) is 4.47. The summed E-state index contributed by atoms with van der Waals surface area (Å²) in [6.07, 6.45) is 2.18. The van der Waals surface area contributed by atoms with E-state index >= 15 is 0 Å². The number of rotatable bonds is 8. The van der Waals surface area contributed by atoms with E-state index in [0.29, 0.717) is 25.7 Å². The molecule has 3 N–H and O–H groups in total. The molecular formula is C16H26N2O2. The van der Waals surface area contributed by atoms with Gasteiger partial charge in [0.25, 0.3) is 0 Å². The number of likely N-dealkylation sites (N-methyl/N-ethyl adjacent to an activating group) is 1. The summed E-state index contributed by atoms with van der Waals surface area (Å²) in [5.74, 6) is 1.58. The Kier molecular flexibility index (Phi) is 5.40. The van der Waals surface area contributed by atoms with Crippen LogP contribution in [0.4, 0.5) is 0 Å². The monoisotopic (exact) mass is 278 g/mol. The molecule has 1 aromatic rings. The maximum Gasteiger partial charge on any atom is 0.119 e. The SMILES string of the molecule is CC(C1CC1)N(C)CC(O)COc1cccc(CN)c1. The average Bonchev–Trinajstić information content (AvgIpc) is 3.29. The van der Waals surface area contributed by atoms with Crippen molar-refractivity contribution in [3.8, 4) is 5.75 Å². The Balaban J connectivity index is 1.74. The van der Waals surface area contributed by atoms with Crippen LogP contribution >= 0.6 is 0 Å². The van der Waals surface area contributed by atoms with Gasteiger partial charge in [0.05, 0.1) is 0 Å². The van der Waals surface area contributed by atoms with Crippen molar-refractivity contribution < 1.29 is 9.84 Å². The molecule has 4 heteroatoms. The van der Waals surface area contributed by atoms with Crippen molar-refractivity contribution in [2.75, 3.05) is 20.2 Å². The molecule has 1 aliphatic carbocycles. The van der Waals surface area contributed by atoms with Crippen LogP contribution in [0.25, 0.3) is 0 Å². The number of ether oxygens (including phenoxy) is 1. The Labute approximate surface area is 121 Å². The summed E-state index contributed by atoms with van der Waals surface area (Å²) in [6, 6.07) is 8.25. The number of nitrogens with two attached hydrogens (primary N) is 1. The zero-order chi connectivity index (χ0) is 14.5. The second-order valence-corrected chi connectivity index (χ2v) is 5.83. The number of hydrogen-bond donors (Lipinski definition) is 2. The molecule has 0 aliphatic heterocycles. The van der Waals surface area contributed by atoms with Gasteiger partial charge in [-0.1, -0.05) is 12.1 Å². The van der Waals surface area contributed by atoms with Crippen molar-refractivity contribution >= 4 is 0 Å². The molecule has 0 saturated heterocycles. The van der Waals surface area contributed by atoms with Crippen LogP contribution in [-0.2, 0) is 6.54 Å². The summed E-state index contributed by atoms with van der Waals surface area (Å²) < 4.78 is 5.63. The van der Waals surface area contributed by atoms with E-state index in [9.17, 15) is 5.11 Å². The lowest BCUT2D eigenvalue weighted by Crippen LogP contribution is -2.39. The summed E-state index contributed by atoms with van der Waals surface area (Å²) in [5, 5.41) is 10.1. The third-order valence-corrected chi connectivity index (χ3v) is 4.07. The summed E-state index contributed by atoms with van der Waals surface area (Å²) in [5.41, 5.74) is 6.63. The van der Waals surface area contributed by atoms with E-state index in [4.69, 9.17) is 10.5 Å². The molecule has 0 aromatic heterocycles. The highest BCUT2D eigenvalue weighted by Gasteiger charge is 2.30. The molecule has 2 unspecified atom stereocenters. The highest BCUT2D eigenvalue weighted by molar-refractivity contribution is 5.28. The first-order chi connectivity index (χ1) is 9.60. The van der Waals surface area contributed by atoms with Crippen LogP contribution in [0.1, 0.15) is 25.3 Å². The van der Waals surface area contributed by atoms with Crippen LogP contribution in [0.3, 0.4) is 0 Å². The van der Waals surface area contributed by atoms with Gasteiger partial charge in [-0.25, -0.2) is 0 Å². The number of hydrogen-bond acceptors (Lipinski definition) is 4. The van der Waals surface area contributed by atoms with Crippen molar-refractivity contribution in [3.05, 3.63) is 29.8 Å². The van der Waals surface area contributed by atoms with E-state index in [0.717, 1.165) is 17.2 Å². The highest BCUT2D eigenvalue weighted by atomic mass is 16.5. The van der Waals surface area contributed by atoms with Gasteiger partial charge in [0.2, 0.25) is 0 Å². The predicted molar refractivity (Wildman–Crippen MR) is 80.7 cm³/mol. The summed E-state index contributed by atoms with van der Waals surface area (Å²) >= 11 is 0. The van der Waals surface area contributed by atoms with E-state index in [1.165, 1.54) is 12.8 Å². The molecule has 112 valence electrons. The van der Waals surface area contributed by atoms with Gasteiger partial charge in [-0.15, -0.1) is 0 Å². The number of nitrogens with zero attached hydrogens (tertiary/aromatic N) is 1. The molecule has 20 heavy (non-hydrogen) atoms. The average molecular weight is 278 g/mol. The molecule has 0 amide bonds. The van der Waals surface area contributed by atoms with Crippen LogP contribution in [0, 0.1) is 5.92 Å². The zero-order valence-electron chi connectivity index (χ0n) is 12.5. The fourth-order valence-corrected chi connectivity index (χ4v) is 2.44. The lowest BCUT2D eigenvalue weighted by molar-refractivity contribution is 0.0622. The topological polar surface area (TPSA) is 58.7 Å². The largest absolute Gasteiger partial charge is 0.491 e. The van der Waals surface area contributed by atoms with E-state index < -0.39 is 6.10 Å². The Morgan fingerprint density at radius 3 is 2.85 bits per heavy atom. The van der Waals surface area contributed by atoms with Crippen molar-refractivity contribution in [3.63, 3.8) is 0 Å². The van der Waals surface area contributed by atoms with Crippen LogP contribution in [-0.4, -0.2) is 42.4 Å². The smallest absolute Gasteiger partial charge is 0.119 e. The number of aliphatic hydroxyl groups excluding tert-OH is 1. The third-order valence-electron chi connectivity index (χ3n) is 4.07. The molecular weight excluding hydrogens is 252 g/mol. The molecule has 0 spiro atoms. The second-order valence-electron chi connectivity index (χ2n) is 5.83. The fourth-order valence-electron chi connectivity index (χ4n) is 2.44. The first-order valence-electron chi connectivity index (χ1n) is 7.40. The number of benzene rings is 1. The predicted octanol–water partition coefficient (Wildman–Crippen LogP) is 1.62. The molecule has 1 saturated carbocycles. The minimum absolute atomic E-state index is 0.315. The van der Waals surface area contributed by atoms with Gasteiger partial charge in [0, 0.05) is 19.1 Å². The molecule has 0 bridgehead atoms. The van der Waals surface area contributed by atoms with Gasteiger partial charge in [-0.2, -0.15) is 0 Å². The molecule has 1 aromatic carbocycles. The maximum absolute atomic E-state index is 10.1. The van der Waals surface area contributed by atoms with Gasteiger partial charge in [-0.3, -0.25) is 0 Å². The molecule has 4 nitrogen and oxygen atoms in total. The fraction of sp³-hybridized carbons (Fsp3) is 0.625. The molecule has 0 radical (unpaired) electrons. The summed E-state index contributed by atoms with van der Waals surface area (Å²) in [7, 11) is 2.07. The Morgan fingerprint density at radius 2 is 2.20 bits per heavy atom. The minimum atomic E-state index is -0.470. The lowest BCUT2D eigenvalue weighted by Gasteiger charge is -2.27. The van der Waals surface area contributed by atoms with Crippen molar-refractivity contribution in [1.82, 2.24) is 4.90 Å². The van der Waals surface area contributed by atoms with Crippen molar-refractivity contribution in [2.24, 2.45) is 11.7 Å². The lowest BCUT2D eigenvalue weighted by atomic mass is 10.2. The Morgan fingerprint density at radius 1 is 1.45 bits per heavy atom. The molecule has 1 aliphatic rings. The number of aliphatic hydroxyl groups is 1. The van der Waals surface area contributed by atoms with Crippen LogP contribution in [0.5, 0.6) is 5.75 Å². The van der Waals surface area contributed by atoms with Gasteiger partial charge in [0.1, 0.15) is 18.5 Å². The molecule has 2 atom stereocenters. The molecule has 2 rings (SSSR count). The molecule has 1 fully saturated rings. The quantitative estimate of drug-likeness (QED) is 0.758. The summed E-state index contributed by atoms with van der Waals surface area (Å²) in [6.45, 7) is 3.70. The van der Waals surface area contributed by atoms with Crippen LogP contribution < -0.4 is 10.5 Å². The summed E-state index contributed by atoms with van der Waals surface area (Å²) in [4.78, 5) is 2.22. The minimum Gasteiger partial charge on any atom is -0.491 e. The van der Waals surface area contributed by atoms with E-state index in [1.54, 1.807) is 0 Å². The first kappa shape index (κ1) is 15.3. The Bertz CT molecular complexity index is 421. The highest BCUT2D eigenvalue weighted by Crippen LogP contribution is 2.34. The van der Waals surface area contributed by atoms with Gasteiger partial charge >= 0.3 is 0 Å². The van der Waals surface area contributed by atoms with Gasteiger partial charge in [-0.05, 0) is 50.4 Å². The standard InChI is InChI=1S/C16H26N2O2/c1-12(14-6-7-14)18(2)10-15(19)11-20-16-5-3-4-13(8-16)9-17/h3-5,8,12,14-15,19H,6-7,9-11,17H2,1-2H3. The zero-order valence-corrected chi connectivity index (χ0v) is 12.5. The van der Waals surface area contributed by atoms with E-state index in [2.05, 4.69) is 18.9 Å². The normalized spacial score (nSPS) is 18.1. The van der Waals surface area contributed by atoms with Crippen molar-refractivity contribution in [1.29, 1.82) is 0 Å². The maximum atomic E-state index is 10.1. The van der Waals surface area contributed by atoms with Crippen LogP contribution in [0.2, 0.25) is 0 Å².